The van der Waals surface area contributed by atoms with Crippen molar-refractivity contribution in [2.45, 2.75) is 44.1 Å². The van der Waals surface area contributed by atoms with E-state index in [1.54, 1.807) is 47.4 Å². The Labute approximate surface area is 231 Å². The summed E-state index contributed by atoms with van der Waals surface area (Å²) in [6.07, 6.45) is 0.298. The molecule has 1 aliphatic rings. The van der Waals surface area contributed by atoms with E-state index in [2.05, 4.69) is 25.5 Å². The molecule has 0 aliphatic heterocycles. The summed E-state index contributed by atoms with van der Waals surface area (Å²) in [6.45, 7) is 0.165. The van der Waals surface area contributed by atoms with Crippen molar-refractivity contribution in [3.63, 3.8) is 0 Å². The van der Waals surface area contributed by atoms with Crippen molar-refractivity contribution in [3.8, 4) is 34.1 Å². The predicted octanol–water partition coefficient (Wildman–Crippen LogP) is 6.03. The summed E-state index contributed by atoms with van der Waals surface area (Å²) in [5, 5.41) is 21.9. The molecule has 1 aliphatic carbocycles. The van der Waals surface area contributed by atoms with Crippen LogP contribution in [0, 0.1) is 0 Å². The molecule has 0 unspecified atom stereocenters. The van der Waals surface area contributed by atoms with E-state index >= 15 is 0 Å². The van der Waals surface area contributed by atoms with Gasteiger partial charge in [-0.3, -0.25) is 4.98 Å². The third-order valence-corrected chi connectivity index (χ3v) is 7.36. The number of hydrogen-bond donors (Lipinski definition) is 2. The highest BCUT2D eigenvalue weighted by Gasteiger charge is 2.36. The fourth-order valence-corrected chi connectivity index (χ4v) is 5.31. The van der Waals surface area contributed by atoms with Gasteiger partial charge in [-0.05, 0) is 72.4 Å². The highest BCUT2D eigenvalue weighted by molar-refractivity contribution is 6.31. The number of aryl methyl sites for hydroxylation is 1. The van der Waals surface area contributed by atoms with Crippen molar-refractivity contribution in [3.05, 3.63) is 71.1 Å². The standard InChI is InChI=1S/C28H24ClF3N6O2/c1-38-14-35-37-26(38)19-12-17(29)5-6-18(19)16-7-8-33-23(11-16)27-36-22-10-15(13-34-21-3-2-4-24(21)39)9-20(25(22)40-27)28(30,31)32/h5-12,14,21,24,34,39H,2-4,13H2,1H3/t21-,24+/m1/s1. The summed E-state index contributed by atoms with van der Waals surface area (Å²) in [6, 6.07) is 11.3. The lowest BCUT2D eigenvalue weighted by Gasteiger charge is -2.17. The lowest BCUT2D eigenvalue weighted by Crippen LogP contribution is -2.35. The number of rotatable bonds is 6. The monoisotopic (exact) mass is 568 g/mol. The highest BCUT2D eigenvalue weighted by atomic mass is 35.5. The van der Waals surface area contributed by atoms with Gasteiger partial charge in [-0.2, -0.15) is 13.2 Å². The summed E-state index contributed by atoms with van der Waals surface area (Å²) in [4.78, 5) is 8.73. The summed E-state index contributed by atoms with van der Waals surface area (Å²) in [5.74, 6) is 0.562. The molecule has 3 aromatic heterocycles. The van der Waals surface area contributed by atoms with Crippen LogP contribution in [0.4, 0.5) is 13.2 Å². The first kappa shape index (κ1) is 26.4. The molecule has 5 aromatic rings. The van der Waals surface area contributed by atoms with Gasteiger partial charge in [0.25, 0.3) is 0 Å². The quantitative estimate of drug-likeness (QED) is 0.258. The smallest absolute Gasteiger partial charge is 0.420 e. The second kappa shape index (κ2) is 10.3. The minimum absolute atomic E-state index is 0.0344. The van der Waals surface area contributed by atoms with Crippen molar-refractivity contribution in [1.29, 1.82) is 0 Å². The molecule has 1 fully saturated rings. The second-order valence-corrected chi connectivity index (χ2v) is 10.3. The number of fused-ring (bicyclic) bond motifs is 1. The van der Waals surface area contributed by atoms with Crippen molar-refractivity contribution in [2.75, 3.05) is 0 Å². The van der Waals surface area contributed by atoms with Crippen molar-refractivity contribution in [1.82, 2.24) is 30.0 Å². The van der Waals surface area contributed by atoms with Crippen molar-refractivity contribution >= 4 is 22.7 Å². The average Bonchev–Trinajstić information content (AvgIpc) is 3.66. The molecule has 6 rings (SSSR count). The number of benzene rings is 2. The van der Waals surface area contributed by atoms with Crippen LogP contribution < -0.4 is 5.32 Å². The Kier molecular flexibility index (Phi) is 6.81. The largest absolute Gasteiger partial charge is 0.434 e. The van der Waals surface area contributed by atoms with Gasteiger partial charge >= 0.3 is 6.18 Å². The molecule has 0 saturated heterocycles. The van der Waals surface area contributed by atoms with Crippen LogP contribution in [0.25, 0.3) is 45.2 Å². The predicted molar refractivity (Wildman–Crippen MR) is 143 cm³/mol. The Hall–Kier alpha value is -3.80. The van der Waals surface area contributed by atoms with Gasteiger partial charge < -0.3 is 19.4 Å². The Balaban J connectivity index is 1.39. The van der Waals surface area contributed by atoms with E-state index < -0.39 is 17.8 Å². The fraction of sp³-hybridized carbons (Fsp3) is 0.286. The van der Waals surface area contributed by atoms with E-state index in [0.29, 0.717) is 22.8 Å². The number of aliphatic hydroxyl groups excluding tert-OH is 1. The van der Waals surface area contributed by atoms with Gasteiger partial charge in [0.05, 0.1) is 6.10 Å². The molecule has 2 aromatic carbocycles. The Morgan fingerprint density at radius 1 is 1.12 bits per heavy atom. The van der Waals surface area contributed by atoms with E-state index in [4.69, 9.17) is 16.0 Å². The maximum atomic E-state index is 14.1. The van der Waals surface area contributed by atoms with E-state index in [1.165, 1.54) is 0 Å². The lowest BCUT2D eigenvalue weighted by atomic mass is 9.99. The second-order valence-electron chi connectivity index (χ2n) is 9.88. The van der Waals surface area contributed by atoms with E-state index in [-0.39, 0.29) is 35.3 Å². The summed E-state index contributed by atoms with van der Waals surface area (Å²) >= 11 is 6.27. The number of hydrogen-bond acceptors (Lipinski definition) is 7. The molecule has 12 heteroatoms. The summed E-state index contributed by atoms with van der Waals surface area (Å²) in [7, 11) is 1.81. The number of nitrogens with one attached hydrogen (secondary N) is 1. The number of aromatic nitrogens is 5. The van der Waals surface area contributed by atoms with Gasteiger partial charge in [-0.25, -0.2) is 4.98 Å². The van der Waals surface area contributed by atoms with Crippen LogP contribution in [0.2, 0.25) is 5.02 Å². The molecule has 2 atom stereocenters. The zero-order chi connectivity index (χ0) is 28.0. The van der Waals surface area contributed by atoms with Crippen molar-refractivity contribution < 1.29 is 22.7 Å². The van der Waals surface area contributed by atoms with Crippen LogP contribution >= 0.6 is 11.6 Å². The van der Waals surface area contributed by atoms with Gasteiger partial charge in [0.1, 0.15) is 23.1 Å². The minimum Gasteiger partial charge on any atom is -0.434 e. The topological polar surface area (TPSA) is 102 Å². The van der Waals surface area contributed by atoms with Gasteiger partial charge in [-0.15, -0.1) is 10.2 Å². The van der Waals surface area contributed by atoms with E-state index in [1.807, 2.05) is 13.1 Å². The first-order valence-electron chi connectivity index (χ1n) is 12.7. The number of aliphatic hydroxyl groups is 1. The van der Waals surface area contributed by atoms with Gasteiger partial charge in [0.2, 0.25) is 5.89 Å². The van der Waals surface area contributed by atoms with Crippen LogP contribution in [0.15, 0.2) is 59.4 Å². The zero-order valence-corrected chi connectivity index (χ0v) is 22.0. The molecular formula is C28H24ClF3N6O2. The van der Waals surface area contributed by atoms with Gasteiger partial charge in [-0.1, -0.05) is 17.7 Å². The third kappa shape index (κ3) is 5.07. The molecule has 0 bridgehead atoms. The van der Waals surface area contributed by atoms with Crippen LogP contribution in [0.5, 0.6) is 0 Å². The van der Waals surface area contributed by atoms with Crippen LogP contribution in [-0.4, -0.2) is 42.0 Å². The van der Waals surface area contributed by atoms with E-state index in [0.717, 1.165) is 35.6 Å². The molecule has 0 radical (unpaired) electrons. The first-order chi connectivity index (χ1) is 19.2. The molecule has 0 spiro atoms. The number of oxazole rings is 1. The van der Waals surface area contributed by atoms with Crippen LogP contribution in [0.3, 0.4) is 0 Å². The summed E-state index contributed by atoms with van der Waals surface area (Å²) < 4.78 is 49.6. The molecule has 8 nitrogen and oxygen atoms in total. The lowest BCUT2D eigenvalue weighted by molar-refractivity contribution is -0.136. The third-order valence-electron chi connectivity index (χ3n) is 7.13. The molecule has 0 amide bonds. The maximum absolute atomic E-state index is 14.1. The Morgan fingerprint density at radius 2 is 1.98 bits per heavy atom. The number of nitrogens with zero attached hydrogens (tertiary/aromatic N) is 5. The zero-order valence-electron chi connectivity index (χ0n) is 21.3. The fourth-order valence-electron chi connectivity index (χ4n) is 5.14. The molecule has 1 saturated carbocycles. The molecule has 3 heterocycles. The highest BCUT2D eigenvalue weighted by Crippen LogP contribution is 2.39. The molecule has 206 valence electrons. The van der Waals surface area contributed by atoms with Gasteiger partial charge in [0, 0.05) is 36.4 Å². The molecule has 40 heavy (non-hydrogen) atoms. The maximum Gasteiger partial charge on any atom is 0.420 e. The minimum atomic E-state index is -4.65. The van der Waals surface area contributed by atoms with Crippen LogP contribution in [0.1, 0.15) is 30.4 Å². The Morgan fingerprint density at radius 3 is 2.70 bits per heavy atom. The Bertz CT molecular complexity index is 1700. The average molecular weight is 569 g/mol. The summed E-state index contributed by atoms with van der Waals surface area (Å²) in [5.41, 5.74) is 1.70. The molecule has 2 N–H and O–H groups in total. The van der Waals surface area contributed by atoms with Gasteiger partial charge in [0.15, 0.2) is 11.4 Å². The normalized spacial score (nSPS) is 17.6. The van der Waals surface area contributed by atoms with Crippen LogP contribution in [-0.2, 0) is 19.8 Å². The number of alkyl halides is 3. The number of pyridine rings is 1. The first-order valence-corrected chi connectivity index (χ1v) is 13.1. The molecular weight excluding hydrogens is 545 g/mol. The van der Waals surface area contributed by atoms with Crippen molar-refractivity contribution in [2.24, 2.45) is 7.05 Å². The SMILES string of the molecule is Cn1cnnc1-c1cc(Cl)ccc1-c1ccnc(-c2nc3cc(CN[C@@H]4CCC[C@@H]4O)cc(C(F)(F)F)c3o2)c1. The number of halogens is 4. The van der Waals surface area contributed by atoms with E-state index in [9.17, 15) is 18.3 Å².